The molecule has 25 heavy (non-hydrogen) atoms. The monoisotopic (exact) mass is 359 g/mol. The highest BCUT2D eigenvalue weighted by molar-refractivity contribution is 7.98. The third-order valence-corrected chi connectivity index (χ3v) is 4.62. The van der Waals surface area contributed by atoms with E-state index in [0.29, 0.717) is 11.3 Å². The Morgan fingerprint density at radius 3 is 2.40 bits per heavy atom. The van der Waals surface area contributed by atoms with Crippen molar-refractivity contribution in [1.29, 1.82) is 0 Å². The van der Waals surface area contributed by atoms with Gasteiger partial charge in [-0.2, -0.15) is 0 Å². The van der Waals surface area contributed by atoms with Gasteiger partial charge in [0.15, 0.2) is 0 Å². The van der Waals surface area contributed by atoms with Crippen molar-refractivity contribution in [2.45, 2.75) is 24.3 Å². The lowest BCUT2D eigenvalue weighted by Crippen LogP contribution is -2.30. The van der Waals surface area contributed by atoms with Crippen molar-refractivity contribution in [3.05, 3.63) is 59.2 Å². The lowest BCUT2D eigenvalue weighted by Gasteiger charge is -2.19. The normalized spacial score (nSPS) is 11.6. The van der Waals surface area contributed by atoms with Crippen LogP contribution in [0, 0.1) is 6.92 Å². The highest BCUT2D eigenvalue weighted by atomic mass is 32.2. The predicted molar refractivity (Wildman–Crippen MR) is 98.4 cm³/mol. The second-order valence-corrected chi connectivity index (χ2v) is 6.46. The smallest absolute Gasteiger partial charge is 0.305 e. The third kappa shape index (κ3) is 5.00. The van der Waals surface area contributed by atoms with Gasteiger partial charge in [0, 0.05) is 10.5 Å². The number of carbonyl (C=O) groups excluding carboxylic acids is 1. The molecule has 2 aromatic carbocycles. The molecule has 0 fully saturated rings. The van der Waals surface area contributed by atoms with E-state index in [0.717, 1.165) is 16.0 Å². The van der Waals surface area contributed by atoms with Crippen LogP contribution in [0.1, 0.15) is 33.9 Å². The molecule has 0 aliphatic rings. The van der Waals surface area contributed by atoms with Gasteiger partial charge in [-0.25, -0.2) is 0 Å². The van der Waals surface area contributed by atoms with Crippen molar-refractivity contribution < 1.29 is 19.4 Å². The van der Waals surface area contributed by atoms with Gasteiger partial charge in [-0.15, -0.1) is 11.8 Å². The number of methoxy groups -OCH3 is 1. The summed E-state index contributed by atoms with van der Waals surface area (Å²) in [6.07, 6.45) is 1.79. The van der Waals surface area contributed by atoms with Crippen molar-refractivity contribution in [2.75, 3.05) is 13.4 Å². The van der Waals surface area contributed by atoms with Crippen LogP contribution in [0.4, 0.5) is 0 Å². The van der Waals surface area contributed by atoms with E-state index >= 15 is 0 Å². The summed E-state index contributed by atoms with van der Waals surface area (Å²) in [6.45, 7) is 1.82. The molecule has 0 aromatic heterocycles. The highest BCUT2D eigenvalue weighted by Crippen LogP contribution is 2.23. The van der Waals surface area contributed by atoms with Crippen LogP contribution in [0.5, 0.6) is 5.75 Å². The molecule has 0 saturated heterocycles. The molecule has 0 aliphatic carbocycles. The Kier molecular flexibility index (Phi) is 6.47. The minimum Gasteiger partial charge on any atom is -0.497 e. The summed E-state index contributed by atoms with van der Waals surface area (Å²) in [7, 11) is 1.57. The molecule has 6 heteroatoms. The number of aliphatic carboxylic acids is 1. The first-order valence-electron chi connectivity index (χ1n) is 7.76. The number of hydrogen-bond acceptors (Lipinski definition) is 4. The Bertz CT molecular complexity index is 759. The molecular formula is C19H21NO4S. The van der Waals surface area contributed by atoms with Gasteiger partial charge >= 0.3 is 5.97 Å². The fraction of sp³-hybridized carbons (Fsp3) is 0.263. The summed E-state index contributed by atoms with van der Waals surface area (Å²) in [4.78, 5) is 24.9. The zero-order valence-corrected chi connectivity index (χ0v) is 15.2. The highest BCUT2D eigenvalue weighted by Gasteiger charge is 2.20. The summed E-state index contributed by atoms with van der Waals surface area (Å²) in [6, 6.07) is 12.1. The van der Waals surface area contributed by atoms with Gasteiger partial charge in [-0.3, -0.25) is 9.59 Å². The van der Waals surface area contributed by atoms with Crippen molar-refractivity contribution in [1.82, 2.24) is 5.32 Å². The van der Waals surface area contributed by atoms with E-state index in [1.807, 2.05) is 37.4 Å². The van der Waals surface area contributed by atoms with E-state index in [-0.39, 0.29) is 12.3 Å². The first-order chi connectivity index (χ1) is 11.9. The number of thioether (sulfide) groups is 1. The summed E-state index contributed by atoms with van der Waals surface area (Å²) in [5, 5.41) is 12.0. The van der Waals surface area contributed by atoms with Gasteiger partial charge in [0.25, 0.3) is 5.91 Å². The minimum absolute atomic E-state index is 0.181. The van der Waals surface area contributed by atoms with Crippen LogP contribution in [0.2, 0.25) is 0 Å². The minimum atomic E-state index is -0.967. The molecule has 5 nitrogen and oxygen atoms in total. The van der Waals surface area contributed by atoms with Crippen LogP contribution in [-0.2, 0) is 4.79 Å². The lowest BCUT2D eigenvalue weighted by molar-refractivity contribution is -0.137. The molecular weight excluding hydrogens is 338 g/mol. The average Bonchev–Trinajstić information content (AvgIpc) is 2.60. The number of carboxylic acids is 1. The maximum atomic E-state index is 12.6. The fourth-order valence-electron chi connectivity index (χ4n) is 2.52. The van der Waals surface area contributed by atoms with Gasteiger partial charge in [-0.05, 0) is 54.6 Å². The molecule has 2 N–H and O–H groups in total. The average molecular weight is 359 g/mol. The summed E-state index contributed by atoms with van der Waals surface area (Å²) in [5.41, 5.74) is 2.03. The summed E-state index contributed by atoms with van der Waals surface area (Å²) in [5.74, 6) is -0.602. The van der Waals surface area contributed by atoms with Gasteiger partial charge in [0.2, 0.25) is 0 Å². The van der Waals surface area contributed by atoms with Gasteiger partial charge in [0.1, 0.15) is 5.75 Å². The van der Waals surface area contributed by atoms with Crippen molar-refractivity contribution in [3.63, 3.8) is 0 Å². The molecule has 0 heterocycles. The Labute approximate surface area is 151 Å². The van der Waals surface area contributed by atoms with Crippen LogP contribution in [-0.4, -0.2) is 30.3 Å². The number of aryl methyl sites for hydroxylation is 1. The number of carboxylic acid groups (broad SMARTS) is 1. The van der Waals surface area contributed by atoms with E-state index in [2.05, 4.69) is 5.32 Å². The molecule has 0 spiro atoms. The molecule has 1 atom stereocenters. The number of hydrogen-bond donors (Lipinski definition) is 2. The number of nitrogens with one attached hydrogen (secondary N) is 1. The van der Waals surface area contributed by atoms with Crippen LogP contribution < -0.4 is 10.1 Å². The Morgan fingerprint density at radius 1 is 1.20 bits per heavy atom. The van der Waals surface area contributed by atoms with Crippen LogP contribution in [0.25, 0.3) is 0 Å². The number of amides is 1. The molecule has 1 unspecified atom stereocenters. The van der Waals surface area contributed by atoms with Crippen molar-refractivity contribution in [2.24, 2.45) is 0 Å². The number of rotatable bonds is 7. The first kappa shape index (κ1) is 18.9. The third-order valence-electron chi connectivity index (χ3n) is 3.88. The molecule has 0 radical (unpaired) electrons. The van der Waals surface area contributed by atoms with E-state index in [4.69, 9.17) is 4.74 Å². The van der Waals surface area contributed by atoms with E-state index < -0.39 is 12.0 Å². The van der Waals surface area contributed by atoms with Crippen LogP contribution >= 0.6 is 11.8 Å². The maximum Gasteiger partial charge on any atom is 0.305 e. The number of carbonyl (C=O) groups is 2. The zero-order valence-electron chi connectivity index (χ0n) is 14.4. The molecule has 2 aromatic rings. The molecule has 0 aliphatic heterocycles. The SMILES string of the molecule is COc1ccc(C(=O)NC(CC(=O)O)c2ccc(SC)cc2)c(C)c1. The Hall–Kier alpha value is -2.47. The number of benzene rings is 2. The van der Waals surface area contributed by atoms with E-state index in [1.165, 1.54) is 0 Å². The topological polar surface area (TPSA) is 75.6 Å². The molecule has 0 saturated carbocycles. The van der Waals surface area contributed by atoms with Crippen LogP contribution in [0.15, 0.2) is 47.4 Å². The van der Waals surface area contributed by atoms with Crippen molar-refractivity contribution >= 4 is 23.6 Å². The summed E-state index contributed by atoms with van der Waals surface area (Å²) < 4.78 is 5.14. The van der Waals surface area contributed by atoms with E-state index in [1.54, 1.807) is 37.1 Å². The van der Waals surface area contributed by atoms with Gasteiger partial charge in [0.05, 0.1) is 19.6 Å². The fourth-order valence-corrected chi connectivity index (χ4v) is 2.93. The quantitative estimate of drug-likeness (QED) is 0.738. The van der Waals surface area contributed by atoms with Gasteiger partial charge in [-0.1, -0.05) is 12.1 Å². The van der Waals surface area contributed by atoms with E-state index in [9.17, 15) is 14.7 Å². The first-order valence-corrected chi connectivity index (χ1v) is 8.98. The molecule has 0 bridgehead atoms. The second-order valence-electron chi connectivity index (χ2n) is 5.58. The Morgan fingerprint density at radius 2 is 1.88 bits per heavy atom. The van der Waals surface area contributed by atoms with Crippen molar-refractivity contribution in [3.8, 4) is 5.75 Å². The van der Waals surface area contributed by atoms with Crippen LogP contribution in [0.3, 0.4) is 0 Å². The molecule has 2 rings (SSSR count). The maximum absolute atomic E-state index is 12.6. The largest absolute Gasteiger partial charge is 0.497 e. The zero-order chi connectivity index (χ0) is 18.4. The standard InChI is InChI=1S/C19H21NO4S/c1-12-10-14(24-2)6-9-16(12)19(23)20-17(11-18(21)22)13-4-7-15(25-3)8-5-13/h4-10,17H,11H2,1-3H3,(H,20,23)(H,21,22). The molecule has 132 valence electrons. The lowest BCUT2D eigenvalue weighted by atomic mass is 10.0. The predicted octanol–water partition coefficient (Wildman–Crippen LogP) is 3.67. The number of ether oxygens (including phenoxy) is 1. The second kappa shape index (κ2) is 8.58. The molecule has 1 amide bonds. The summed E-state index contributed by atoms with van der Waals surface area (Å²) >= 11 is 1.60. The Balaban J connectivity index is 2.23. The van der Waals surface area contributed by atoms with Gasteiger partial charge < -0.3 is 15.2 Å².